The molecule has 3 N–H and O–H groups in total. The summed E-state index contributed by atoms with van der Waals surface area (Å²) in [7, 11) is 0. The van der Waals surface area contributed by atoms with Crippen LogP contribution < -0.4 is 10.6 Å². The molecule has 0 radical (unpaired) electrons. The lowest BCUT2D eigenvalue weighted by atomic mass is 10.1. The predicted molar refractivity (Wildman–Crippen MR) is 90.4 cm³/mol. The summed E-state index contributed by atoms with van der Waals surface area (Å²) < 4.78 is 0. The van der Waals surface area contributed by atoms with Gasteiger partial charge in [0.05, 0.1) is 11.0 Å². The SMILES string of the molecule is O=C(CCNC(=O)c1cccs1)NCC(O)Cc1ccccc1. The lowest BCUT2D eigenvalue weighted by Crippen LogP contribution is -2.35. The number of carbonyl (C=O) groups excluding carboxylic acids is 2. The second kappa shape index (κ2) is 9.07. The van der Waals surface area contributed by atoms with Crippen molar-refractivity contribution in [2.75, 3.05) is 13.1 Å². The molecule has 0 aliphatic heterocycles. The van der Waals surface area contributed by atoms with Crippen LogP contribution in [0.5, 0.6) is 0 Å². The van der Waals surface area contributed by atoms with E-state index >= 15 is 0 Å². The molecule has 0 fully saturated rings. The van der Waals surface area contributed by atoms with E-state index < -0.39 is 6.10 Å². The molecule has 1 heterocycles. The minimum atomic E-state index is -0.623. The zero-order valence-corrected chi connectivity index (χ0v) is 13.5. The highest BCUT2D eigenvalue weighted by Gasteiger charge is 2.09. The minimum Gasteiger partial charge on any atom is -0.391 e. The number of benzene rings is 1. The Kier molecular flexibility index (Phi) is 6.77. The summed E-state index contributed by atoms with van der Waals surface area (Å²) in [5, 5.41) is 17.1. The minimum absolute atomic E-state index is 0.170. The summed E-state index contributed by atoms with van der Waals surface area (Å²) in [5.41, 5.74) is 1.03. The van der Waals surface area contributed by atoms with Gasteiger partial charge in [0.25, 0.3) is 5.91 Å². The van der Waals surface area contributed by atoms with Crippen molar-refractivity contribution >= 4 is 23.2 Å². The van der Waals surface area contributed by atoms with Crippen molar-refractivity contribution in [1.29, 1.82) is 0 Å². The van der Waals surface area contributed by atoms with Crippen molar-refractivity contribution in [3.63, 3.8) is 0 Å². The van der Waals surface area contributed by atoms with Crippen molar-refractivity contribution in [2.24, 2.45) is 0 Å². The first kappa shape index (κ1) is 17.2. The van der Waals surface area contributed by atoms with Gasteiger partial charge in [-0.3, -0.25) is 9.59 Å². The molecule has 5 nitrogen and oxygen atoms in total. The Bertz CT molecular complexity index is 614. The van der Waals surface area contributed by atoms with E-state index in [-0.39, 0.29) is 31.3 Å². The van der Waals surface area contributed by atoms with Crippen molar-refractivity contribution in [1.82, 2.24) is 10.6 Å². The van der Waals surface area contributed by atoms with Gasteiger partial charge in [0, 0.05) is 25.9 Å². The first-order chi connectivity index (χ1) is 11.1. The van der Waals surface area contributed by atoms with Gasteiger partial charge < -0.3 is 15.7 Å². The first-order valence-corrected chi connectivity index (χ1v) is 8.33. The molecule has 1 unspecified atom stereocenters. The van der Waals surface area contributed by atoms with Crippen LogP contribution in [0.2, 0.25) is 0 Å². The van der Waals surface area contributed by atoms with Crippen LogP contribution in [0.15, 0.2) is 47.8 Å². The van der Waals surface area contributed by atoms with Gasteiger partial charge in [0.2, 0.25) is 5.91 Å². The van der Waals surface area contributed by atoms with E-state index in [0.29, 0.717) is 11.3 Å². The number of rotatable bonds is 8. The maximum atomic E-state index is 11.7. The lowest BCUT2D eigenvalue weighted by Gasteiger charge is -2.12. The van der Waals surface area contributed by atoms with E-state index in [1.807, 2.05) is 35.7 Å². The van der Waals surface area contributed by atoms with Crippen molar-refractivity contribution in [2.45, 2.75) is 18.9 Å². The molecule has 23 heavy (non-hydrogen) atoms. The largest absolute Gasteiger partial charge is 0.391 e. The van der Waals surface area contributed by atoms with Crippen LogP contribution in [0.4, 0.5) is 0 Å². The lowest BCUT2D eigenvalue weighted by molar-refractivity contribution is -0.121. The van der Waals surface area contributed by atoms with Gasteiger partial charge in [-0.15, -0.1) is 11.3 Å². The standard InChI is InChI=1S/C17H20N2O3S/c20-14(11-13-5-2-1-3-6-13)12-19-16(21)8-9-18-17(22)15-7-4-10-23-15/h1-7,10,14,20H,8-9,11-12H2,(H,18,22)(H,19,21). The van der Waals surface area contributed by atoms with Gasteiger partial charge in [-0.1, -0.05) is 36.4 Å². The number of thiophene rings is 1. The van der Waals surface area contributed by atoms with Crippen LogP contribution in [-0.2, 0) is 11.2 Å². The van der Waals surface area contributed by atoms with Gasteiger partial charge in [0.1, 0.15) is 0 Å². The van der Waals surface area contributed by atoms with Gasteiger partial charge in [0.15, 0.2) is 0 Å². The third-order valence-electron chi connectivity index (χ3n) is 3.23. The van der Waals surface area contributed by atoms with Crippen LogP contribution in [0.1, 0.15) is 21.7 Å². The van der Waals surface area contributed by atoms with Crippen LogP contribution in [0.3, 0.4) is 0 Å². The quantitative estimate of drug-likeness (QED) is 0.687. The van der Waals surface area contributed by atoms with Crippen LogP contribution in [0, 0.1) is 0 Å². The van der Waals surface area contributed by atoms with Crippen LogP contribution >= 0.6 is 11.3 Å². The zero-order valence-electron chi connectivity index (χ0n) is 12.7. The molecule has 0 spiro atoms. The normalized spacial score (nSPS) is 11.7. The van der Waals surface area contributed by atoms with Gasteiger partial charge >= 0.3 is 0 Å². The third kappa shape index (κ3) is 6.22. The van der Waals surface area contributed by atoms with E-state index in [2.05, 4.69) is 10.6 Å². The fourth-order valence-corrected chi connectivity index (χ4v) is 2.70. The molecular weight excluding hydrogens is 312 g/mol. The predicted octanol–water partition coefficient (Wildman–Crippen LogP) is 1.59. The van der Waals surface area contributed by atoms with E-state index in [1.54, 1.807) is 12.1 Å². The Morgan fingerprint density at radius 3 is 2.57 bits per heavy atom. The number of nitrogens with one attached hydrogen (secondary N) is 2. The number of amides is 2. The summed E-state index contributed by atoms with van der Waals surface area (Å²) in [6, 6.07) is 13.2. The third-order valence-corrected chi connectivity index (χ3v) is 4.10. The number of aliphatic hydroxyl groups excluding tert-OH is 1. The summed E-state index contributed by atoms with van der Waals surface area (Å²) in [5.74, 6) is -0.361. The summed E-state index contributed by atoms with van der Waals surface area (Å²) >= 11 is 1.36. The zero-order chi connectivity index (χ0) is 16.5. The molecule has 0 saturated heterocycles. The number of hydrogen-bond acceptors (Lipinski definition) is 4. The number of hydrogen-bond donors (Lipinski definition) is 3. The molecule has 0 aliphatic rings. The van der Waals surface area contributed by atoms with E-state index in [9.17, 15) is 14.7 Å². The molecule has 2 amide bonds. The van der Waals surface area contributed by atoms with E-state index in [1.165, 1.54) is 11.3 Å². The molecule has 6 heteroatoms. The van der Waals surface area contributed by atoms with E-state index in [0.717, 1.165) is 5.56 Å². The Morgan fingerprint density at radius 2 is 1.87 bits per heavy atom. The maximum absolute atomic E-state index is 11.7. The highest BCUT2D eigenvalue weighted by Crippen LogP contribution is 2.07. The molecule has 0 bridgehead atoms. The molecule has 1 atom stereocenters. The maximum Gasteiger partial charge on any atom is 0.261 e. The summed E-state index contributed by atoms with van der Waals surface area (Å²) in [6.07, 6.45) is 0.0628. The Hall–Kier alpha value is -2.18. The molecular formula is C17H20N2O3S. The van der Waals surface area contributed by atoms with Crippen molar-refractivity contribution in [3.05, 3.63) is 58.3 Å². The van der Waals surface area contributed by atoms with Crippen molar-refractivity contribution in [3.8, 4) is 0 Å². The average molecular weight is 332 g/mol. The average Bonchev–Trinajstić information content (AvgIpc) is 3.08. The Labute approximate surface area is 139 Å². The summed E-state index contributed by atoms with van der Waals surface area (Å²) in [4.78, 5) is 24.0. The first-order valence-electron chi connectivity index (χ1n) is 7.45. The molecule has 0 saturated carbocycles. The molecule has 2 aromatic rings. The van der Waals surface area contributed by atoms with Crippen LogP contribution in [0.25, 0.3) is 0 Å². The Balaban J connectivity index is 1.60. The Morgan fingerprint density at radius 1 is 1.09 bits per heavy atom. The second-order valence-electron chi connectivity index (χ2n) is 5.13. The van der Waals surface area contributed by atoms with E-state index in [4.69, 9.17) is 0 Å². The highest BCUT2D eigenvalue weighted by molar-refractivity contribution is 7.12. The number of aliphatic hydroxyl groups is 1. The fraction of sp³-hybridized carbons (Fsp3) is 0.294. The monoisotopic (exact) mass is 332 g/mol. The van der Waals surface area contributed by atoms with Gasteiger partial charge in [-0.2, -0.15) is 0 Å². The smallest absolute Gasteiger partial charge is 0.261 e. The van der Waals surface area contributed by atoms with Gasteiger partial charge in [-0.25, -0.2) is 0 Å². The van der Waals surface area contributed by atoms with Gasteiger partial charge in [-0.05, 0) is 17.0 Å². The van der Waals surface area contributed by atoms with Crippen molar-refractivity contribution < 1.29 is 14.7 Å². The van der Waals surface area contributed by atoms with Crippen LogP contribution in [-0.4, -0.2) is 36.1 Å². The highest BCUT2D eigenvalue weighted by atomic mass is 32.1. The topological polar surface area (TPSA) is 78.4 Å². The number of carbonyl (C=O) groups is 2. The molecule has 1 aromatic heterocycles. The second-order valence-corrected chi connectivity index (χ2v) is 6.08. The fourth-order valence-electron chi connectivity index (χ4n) is 2.06. The molecule has 2 rings (SSSR count). The molecule has 122 valence electrons. The summed E-state index contributed by atoms with van der Waals surface area (Å²) in [6.45, 7) is 0.476. The molecule has 1 aromatic carbocycles. The molecule has 0 aliphatic carbocycles.